The number of nitrogens with zero attached hydrogens (tertiary/aromatic N) is 2. The predicted octanol–water partition coefficient (Wildman–Crippen LogP) is 5.26. The molecule has 0 aromatic heterocycles. The molecule has 0 fully saturated rings. The summed E-state index contributed by atoms with van der Waals surface area (Å²) in [4.78, 5) is 12.4. The molecule has 0 saturated heterocycles. The Balaban J connectivity index is 1.69. The normalized spacial score (nSPS) is 18.5. The van der Waals surface area contributed by atoms with E-state index >= 15 is 0 Å². The Hall–Kier alpha value is -4.00. The van der Waals surface area contributed by atoms with Crippen molar-refractivity contribution in [3.05, 3.63) is 88.0 Å². The SMILES string of the molecule is COc1ccc(C2Oc3ccccc3C3CC(c4cc(C)ccc4C)=NN32)c(C(=O)O)c1OC. The summed E-state index contributed by atoms with van der Waals surface area (Å²) in [6.45, 7) is 4.14. The minimum atomic E-state index is -1.12. The van der Waals surface area contributed by atoms with E-state index in [-0.39, 0.29) is 17.4 Å². The van der Waals surface area contributed by atoms with E-state index in [0.717, 1.165) is 33.7 Å². The first-order chi connectivity index (χ1) is 16.4. The number of ether oxygens (including phenoxy) is 3. The molecule has 174 valence electrons. The molecule has 2 unspecified atom stereocenters. The number of hydrogen-bond donors (Lipinski definition) is 1. The van der Waals surface area contributed by atoms with Crippen LogP contribution >= 0.6 is 0 Å². The molecule has 2 atom stereocenters. The average Bonchev–Trinajstić information content (AvgIpc) is 3.29. The number of rotatable bonds is 5. The standard InChI is InChI=1S/C27H26N2O5/c1-15-9-10-16(2)19(13-15)20-14-21-17-7-5-6-8-22(17)34-26(29(21)28-20)18-11-12-23(32-3)25(33-4)24(18)27(30)31/h5-13,21,26H,14H2,1-4H3,(H,30,31). The molecule has 0 radical (unpaired) electrons. The molecule has 7 nitrogen and oxygen atoms in total. The van der Waals surface area contributed by atoms with Crippen LogP contribution in [0.4, 0.5) is 0 Å². The van der Waals surface area contributed by atoms with Crippen molar-refractivity contribution in [3.63, 3.8) is 0 Å². The average molecular weight is 459 g/mol. The molecule has 7 heteroatoms. The third kappa shape index (κ3) is 3.44. The monoisotopic (exact) mass is 458 g/mol. The van der Waals surface area contributed by atoms with Crippen molar-refractivity contribution >= 4 is 11.7 Å². The van der Waals surface area contributed by atoms with Gasteiger partial charge in [0, 0.05) is 23.1 Å². The lowest BCUT2D eigenvalue weighted by atomic mass is 9.93. The van der Waals surface area contributed by atoms with E-state index in [1.165, 1.54) is 14.2 Å². The second-order valence-electron chi connectivity index (χ2n) is 8.54. The molecule has 34 heavy (non-hydrogen) atoms. The summed E-state index contributed by atoms with van der Waals surface area (Å²) in [5.74, 6) is 0.0989. The first-order valence-electron chi connectivity index (χ1n) is 11.1. The molecule has 2 heterocycles. The Bertz CT molecular complexity index is 1320. The van der Waals surface area contributed by atoms with Gasteiger partial charge >= 0.3 is 5.97 Å². The molecule has 0 bridgehead atoms. The summed E-state index contributed by atoms with van der Waals surface area (Å²) in [5.41, 5.74) is 5.84. The first kappa shape index (κ1) is 21.8. The molecule has 3 aromatic rings. The van der Waals surface area contributed by atoms with Crippen LogP contribution in [-0.4, -0.2) is 36.0 Å². The van der Waals surface area contributed by atoms with Crippen molar-refractivity contribution in [2.24, 2.45) is 5.10 Å². The smallest absolute Gasteiger partial charge is 0.340 e. The molecule has 2 aliphatic rings. The van der Waals surface area contributed by atoms with Crippen molar-refractivity contribution in [3.8, 4) is 17.2 Å². The van der Waals surface area contributed by atoms with E-state index in [0.29, 0.717) is 17.7 Å². The lowest BCUT2D eigenvalue weighted by Crippen LogP contribution is -2.34. The van der Waals surface area contributed by atoms with Crippen molar-refractivity contribution in [1.29, 1.82) is 0 Å². The Labute approximate surface area is 198 Å². The topological polar surface area (TPSA) is 80.6 Å². The Morgan fingerprint density at radius 2 is 1.85 bits per heavy atom. The highest BCUT2D eigenvalue weighted by Crippen LogP contribution is 2.49. The van der Waals surface area contributed by atoms with E-state index in [1.54, 1.807) is 12.1 Å². The number of hydrazone groups is 1. The molecule has 1 N–H and O–H groups in total. The quantitative estimate of drug-likeness (QED) is 0.562. The number of fused-ring (bicyclic) bond motifs is 3. The van der Waals surface area contributed by atoms with Gasteiger partial charge in [-0.1, -0.05) is 35.9 Å². The Morgan fingerprint density at radius 3 is 2.59 bits per heavy atom. The third-order valence-corrected chi connectivity index (χ3v) is 6.46. The van der Waals surface area contributed by atoms with Gasteiger partial charge in [0.1, 0.15) is 11.3 Å². The van der Waals surface area contributed by atoms with Gasteiger partial charge in [-0.3, -0.25) is 0 Å². The number of aryl methyl sites for hydroxylation is 2. The maximum atomic E-state index is 12.4. The third-order valence-electron chi connectivity index (χ3n) is 6.46. The van der Waals surface area contributed by atoms with Crippen LogP contribution in [0.15, 0.2) is 59.7 Å². The first-order valence-corrected chi connectivity index (χ1v) is 11.1. The van der Waals surface area contributed by atoms with E-state index in [4.69, 9.17) is 19.3 Å². The summed E-state index contributed by atoms with van der Waals surface area (Å²) in [6.07, 6.45) is -0.0509. The van der Waals surface area contributed by atoms with Crippen LogP contribution in [0.5, 0.6) is 17.2 Å². The largest absolute Gasteiger partial charge is 0.493 e. The number of aromatic carboxylic acids is 1. The zero-order valence-electron chi connectivity index (χ0n) is 19.5. The van der Waals surface area contributed by atoms with Gasteiger partial charge in [0.15, 0.2) is 11.5 Å². The van der Waals surface area contributed by atoms with Gasteiger partial charge in [-0.2, -0.15) is 5.10 Å². The molecule has 0 amide bonds. The Kier molecular flexibility index (Phi) is 5.40. The maximum Gasteiger partial charge on any atom is 0.340 e. The van der Waals surface area contributed by atoms with Gasteiger partial charge < -0.3 is 19.3 Å². The lowest BCUT2D eigenvalue weighted by molar-refractivity contribution is -0.0199. The minimum Gasteiger partial charge on any atom is -0.493 e. The molecular formula is C27H26N2O5. The van der Waals surface area contributed by atoms with Gasteiger partial charge in [0.2, 0.25) is 6.23 Å². The van der Waals surface area contributed by atoms with Gasteiger partial charge in [0.25, 0.3) is 0 Å². The number of para-hydroxylation sites is 1. The van der Waals surface area contributed by atoms with Crippen LogP contribution in [0.2, 0.25) is 0 Å². The molecule has 0 saturated carbocycles. The number of benzene rings is 3. The molecular weight excluding hydrogens is 432 g/mol. The highest BCUT2D eigenvalue weighted by Gasteiger charge is 2.43. The van der Waals surface area contributed by atoms with Crippen molar-refractivity contribution in [1.82, 2.24) is 5.01 Å². The number of carboxylic acid groups (broad SMARTS) is 1. The number of methoxy groups -OCH3 is 2. The van der Waals surface area contributed by atoms with E-state index in [2.05, 4.69) is 32.0 Å². The van der Waals surface area contributed by atoms with Crippen LogP contribution < -0.4 is 14.2 Å². The minimum absolute atomic E-state index is 0.000340. The maximum absolute atomic E-state index is 12.4. The second-order valence-corrected chi connectivity index (χ2v) is 8.54. The van der Waals surface area contributed by atoms with Gasteiger partial charge in [-0.05, 0) is 43.7 Å². The summed E-state index contributed by atoms with van der Waals surface area (Å²) in [6, 6.07) is 17.5. The molecule has 0 aliphatic carbocycles. The highest BCUT2D eigenvalue weighted by molar-refractivity contribution is 6.03. The van der Waals surface area contributed by atoms with E-state index in [1.807, 2.05) is 29.3 Å². The molecule has 5 rings (SSSR count). The van der Waals surface area contributed by atoms with Crippen molar-refractivity contribution in [2.75, 3.05) is 14.2 Å². The van der Waals surface area contributed by atoms with Crippen molar-refractivity contribution in [2.45, 2.75) is 32.5 Å². The Morgan fingerprint density at radius 1 is 1.06 bits per heavy atom. The summed E-state index contributed by atoms with van der Waals surface area (Å²) >= 11 is 0. The fourth-order valence-electron chi connectivity index (χ4n) is 4.82. The van der Waals surface area contributed by atoms with Crippen LogP contribution in [0, 0.1) is 13.8 Å². The van der Waals surface area contributed by atoms with Crippen LogP contribution in [-0.2, 0) is 0 Å². The lowest BCUT2D eigenvalue weighted by Gasteiger charge is -2.38. The predicted molar refractivity (Wildman–Crippen MR) is 128 cm³/mol. The number of carbonyl (C=O) groups is 1. The van der Waals surface area contributed by atoms with Gasteiger partial charge in [-0.15, -0.1) is 0 Å². The fraction of sp³-hybridized carbons (Fsp3) is 0.259. The molecule has 2 aliphatic heterocycles. The van der Waals surface area contributed by atoms with E-state index in [9.17, 15) is 9.90 Å². The highest BCUT2D eigenvalue weighted by atomic mass is 16.5. The zero-order chi connectivity index (χ0) is 24.0. The molecule has 0 spiro atoms. The summed E-state index contributed by atoms with van der Waals surface area (Å²) in [5, 5.41) is 17.0. The summed E-state index contributed by atoms with van der Waals surface area (Å²) in [7, 11) is 2.91. The molecule has 3 aromatic carbocycles. The van der Waals surface area contributed by atoms with Gasteiger partial charge in [-0.25, -0.2) is 9.80 Å². The van der Waals surface area contributed by atoms with Crippen molar-refractivity contribution < 1.29 is 24.1 Å². The van der Waals surface area contributed by atoms with E-state index < -0.39 is 12.2 Å². The van der Waals surface area contributed by atoms with Gasteiger partial charge in [0.05, 0.1) is 26.0 Å². The second kappa shape index (κ2) is 8.41. The van der Waals surface area contributed by atoms with Crippen LogP contribution in [0.25, 0.3) is 0 Å². The summed E-state index contributed by atoms with van der Waals surface area (Å²) < 4.78 is 17.2. The van der Waals surface area contributed by atoms with Crippen LogP contribution in [0.1, 0.15) is 56.9 Å². The van der Waals surface area contributed by atoms with Crippen LogP contribution in [0.3, 0.4) is 0 Å². The number of hydrogen-bond acceptors (Lipinski definition) is 6. The number of carboxylic acids is 1. The fourth-order valence-corrected chi connectivity index (χ4v) is 4.82. The zero-order valence-corrected chi connectivity index (χ0v) is 19.5.